The Labute approximate surface area is 360 Å². The van der Waals surface area contributed by atoms with Gasteiger partial charge in [-0.2, -0.15) is 0 Å². The van der Waals surface area contributed by atoms with Crippen LogP contribution in [-0.4, -0.2) is 0 Å². The van der Waals surface area contributed by atoms with E-state index >= 15 is 0 Å². The van der Waals surface area contributed by atoms with Gasteiger partial charge in [-0.1, -0.05) is 182 Å². The van der Waals surface area contributed by atoms with Gasteiger partial charge in [0.05, 0.1) is 11.4 Å². The third kappa shape index (κ3) is 6.04. The van der Waals surface area contributed by atoms with Gasteiger partial charge in [0.2, 0.25) is 0 Å². The summed E-state index contributed by atoms with van der Waals surface area (Å²) in [7, 11) is 0. The van der Waals surface area contributed by atoms with E-state index in [1.54, 1.807) is 0 Å². The first kappa shape index (κ1) is 35.7. The molecule has 0 fully saturated rings. The molecule has 62 heavy (non-hydrogen) atoms. The third-order valence-electron chi connectivity index (χ3n) is 12.5. The van der Waals surface area contributed by atoms with Crippen molar-refractivity contribution in [3.63, 3.8) is 0 Å². The molecule has 1 heterocycles. The molecule has 0 atom stereocenters. The summed E-state index contributed by atoms with van der Waals surface area (Å²) < 4.78 is 6.57. The molecule has 0 bridgehead atoms. The van der Waals surface area contributed by atoms with E-state index in [9.17, 15) is 0 Å². The molecule has 2 nitrogen and oxygen atoms in total. The fourth-order valence-electron chi connectivity index (χ4n) is 9.47. The predicted octanol–water partition coefficient (Wildman–Crippen LogP) is 17.2. The monoisotopic (exact) mass is 789 g/mol. The van der Waals surface area contributed by atoms with Gasteiger partial charge in [-0.15, -0.1) is 0 Å². The van der Waals surface area contributed by atoms with Crippen molar-refractivity contribution < 1.29 is 4.42 Å². The average molecular weight is 790 g/mol. The van der Waals surface area contributed by atoms with Crippen LogP contribution in [0.2, 0.25) is 0 Å². The number of nitrogens with zero attached hydrogens (tertiary/aromatic N) is 1. The minimum Gasteiger partial charge on any atom is -0.455 e. The van der Waals surface area contributed by atoms with Gasteiger partial charge in [0.25, 0.3) is 0 Å². The van der Waals surface area contributed by atoms with Crippen molar-refractivity contribution in [3.05, 3.63) is 237 Å². The second-order valence-corrected chi connectivity index (χ2v) is 16.0. The van der Waals surface area contributed by atoms with Gasteiger partial charge in [0.1, 0.15) is 11.2 Å². The van der Waals surface area contributed by atoms with E-state index < -0.39 is 0 Å². The Kier molecular flexibility index (Phi) is 8.53. The van der Waals surface area contributed by atoms with Crippen LogP contribution in [0.15, 0.2) is 241 Å². The summed E-state index contributed by atoms with van der Waals surface area (Å²) in [6.07, 6.45) is 0. The largest absolute Gasteiger partial charge is 0.455 e. The van der Waals surface area contributed by atoms with Crippen molar-refractivity contribution in [2.24, 2.45) is 0 Å². The van der Waals surface area contributed by atoms with E-state index in [2.05, 4.69) is 241 Å². The standard InChI is InChI=1S/C60H39NO/c1-3-15-40(16-4-1)44-30-35-58(55(37-44)41-17-5-2-6-18-41)61(47-32-27-43(28-33-47)54-38-45-20-8-9-21-48(45)51-24-11-12-25-52(51)54)57-26-14-13-22-49(57)46-31-36-59-56(39-46)53-34-29-42-19-7-10-23-50(42)60(53)62-59/h1-39H. The van der Waals surface area contributed by atoms with Crippen LogP contribution in [0.4, 0.5) is 17.1 Å². The molecule has 0 radical (unpaired) electrons. The maximum absolute atomic E-state index is 6.57. The van der Waals surface area contributed by atoms with Crippen molar-refractivity contribution in [2.75, 3.05) is 4.90 Å². The number of rotatable bonds is 7. The van der Waals surface area contributed by atoms with Crippen molar-refractivity contribution >= 4 is 71.3 Å². The Morgan fingerprint density at radius 1 is 0.274 bits per heavy atom. The normalized spacial score (nSPS) is 11.5. The maximum atomic E-state index is 6.57. The number of benzene rings is 11. The average Bonchev–Trinajstić information content (AvgIpc) is 3.73. The van der Waals surface area contributed by atoms with Crippen molar-refractivity contribution in [2.45, 2.75) is 0 Å². The van der Waals surface area contributed by atoms with Crippen molar-refractivity contribution in [1.29, 1.82) is 0 Å². The van der Waals surface area contributed by atoms with Crippen LogP contribution in [0.1, 0.15) is 0 Å². The van der Waals surface area contributed by atoms with Gasteiger partial charge >= 0.3 is 0 Å². The first-order valence-electron chi connectivity index (χ1n) is 21.2. The fourth-order valence-corrected chi connectivity index (χ4v) is 9.47. The molecule has 0 spiro atoms. The highest BCUT2D eigenvalue weighted by Crippen LogP contribution is 2.47. The van der Waals surface area contributed by atoms with Crippen LogP contribution in [0.5, 0.6) is 0 Å². The van der Waals surface area contributed by atoms with Gasteiger partial charge < -0.3 is 9.32 Å². The molecule has 0 amide bonds. The number of hydrogen-bond acceptors (Lipinski definition) is 2. The lowest BCUT2D eigenvalue weighted by Gasteiger charge is -2.30. The zero-order valence-corrected chi connectivity index (χ0v) is 33.9. The van der Waals surface area contributed by atoms with E-state index in [1.165, 1.54) is 49.2 Å². The molecule has 0 saturated carbocycles. The molecular formula is C60H39NO. The molecule has 12 aromatic rings. The van der Waals surface area contributed by atoms with Gasteiger partial charge in [0, 0.05) is 33.0 Å². The maximum Gasteiger partial charge on any atom is 0.143 e. The van der Waals surface area contributed by atoms with Crippen LogP contribution in [0.3, 0.4) is 0 Å². The number of hydrogen-bond donors (Lipinski definition) is 0. The molecular weight excluding hydrogens is 751 g/mol. The first-order valence-corrected chi connectivity index (χ1v) is 21.2. The smallest absolute Gasteiger partial charge is 0.143 e. The minimum atomic E-state index is 0.883. The molecule has 0 saturated heterocycles. The number of furan rings is 1. The Morgan fingerprint density at radius 2 is 0.871 bits per heavy atom. The van der Waals surface area contributed by atoms with Crippen LogP contribution >= 0.6 is 0 Å². The molecule has 1 aromatic heterocycles. The van der Waals surface area contributed by atoms with Crippen molar-refractivity contribution in [1.82, 2.24) is 0 Å². The van der Waals surface area contributed by atoms with E-state index in [1.807, 2.05) is 0 Å². The lowest BCUT2D eigenvalue weighted by Crippen LogP contribution is -2.12. The van der Waals surface area contributed by atoms with E-state index in [-0.39, 0.29) is 0 Å². The highest BCUT2D eigenvalue weighted by atomic mass is 16.3. The van der Waals surface area contributed by atoms with E-state index in [0.717, 1.165) is 66.6 Å². The topological polar surface area (TPSA) is 16.4 Å². The third-order valence-corrected chi connectivity index (χ3v) is 12.5. The lowest BCUT2D eigenvalue weighted by atomic mass is 9.93. The van der Waals surface area contributed by atoms with Gasteiger partial charge in [0.15, 0.2) is 0 Å². The summed E-state index contributed by atoms with van der Waals surface area (Å²) in [5.74, 6) is 0. The summed E-state index contributed by atoms with van der Waals surface area (Å²) in [5.41, 5.74) is 14.4. The van der Waals surface area contributed by atoms with Gasteiger partial charge in [-0.3, -0.25) is 0 Å². The second-order valence-electron chi connectivity index (χ2n) is 16.0. The fraction of sp³-hybridized carbons (Fsp3) is 0. The molecule has 0 aliphatic heterocycles. The van der Waals surface area contributed by atoms with Crippen molar-refractivity contribution in [3.8, 4) is 44.5 Å². The summed E-state index contributed by atoms with van der Waals surface area (Å²) in [6, 6.07) is 85.6. The molecule has 0 N–H and O–H groups in total. The number of anilines is 3. The Bertz CT molecular complexity index is 3620. The molecule has 290 valence electrons. The molecule has 2 heteroatoms. The SMILES string of the molecule is c1ccc(-c2ccc(N(c3ccc(-c4cc5ccccc5c5ccccc45)cc3)c3ccccc3-c3ccc4oc5c6ccccc6ccc5c4c3)c(-c3ccccc3)c2)cc1. The molecule has 0 aliphatic carbocycles. The van der Waals surface area contributed by atoms with E-state index in [4.69, 9.17) is 4.42 Å². The summed E-state index contributed by atoms with van der Waals surface area (Å²) in [5, 5.41) is 9.55. The van der Waals surface area contributed by atoms with E-state index in [0.29, 0.717) is 0 Å². The summed E-state index contributed by atoms with van der Waals surface area (Å²) in [4.78, 5) is 2.44. The van der Waals surface area contributed by atoms with Crippen LogP contribution in [0, 0.1) is 0 Å². The zero-order valence-electron chi connectivity index (χ0n) is 33.9. The first-order chi connectivity index (χ1) is 30.7. The quantitative estimate of drug-likeness (QED) is 0.150. The van der Waals surface area contributed by atoms with Crippen LogP contribution in [-0.2, 0) is 0 Å². The zero-order chi connectivity index (χ0) is 41.0. The van der Waals surface area contributed by atoms with Gasteiger partial charge in [-0.05, 0) is 115 Å². The molecule has 0 unspecified atom stereocenters. The van der Waals surface area contributed by atoms with Gasteiger partial charge in [-0.25, -0.2) is 0 Å². The Morgan fingerprint density at radius 3 is 1.68 bits per heavy atom. The van der Waals surface area contributed by atoms with Crippen LogP contribution in [0.25, 0.3) is 98.8 Å². The van der Waals surface area contributed by atoms with Crippen LogP contribution < -0.4 is 4.90 Å². The Balaban J connectivity index is 1.07. The summed E-state index contributed by atoms with van der Waals surface area (Å²) in [6.45, 7) is 0. The summed E-state index contributed by atoms with van der Waals surface area (Å²) >= 11 is 0. The number of fused-ring (bicyclic) bond motifs is 8. The highest BCUT2D eigenvalue weighted by molar-refractivity contribution is 6.16. The number of para-hydroxylation sites is 1. The predicted molar refractivity (Wildman–Crippen MR) is 263 cm³/mol. The molecule has 11 aromatic carbocycles. The molecule has 12 rings (SSSR count). The minimum absolute atomic E-state index is 0.883. The molecule has 0 aliphatic rings. The lowest BCUT2D eigenvalue weighted by molar-refractivity contribution is 0.672. The Hall–Kier alpha value is -8.20. The highest BCUT2D eigenvalue weighted by Gasteiger charge is 2.22. The second kappa shape index (κ2) is 14.8.